The highest BCUT2D eigenvalue weighted by Gasteiger charge is 2.38. The maximum atomic E-state index is 12.0. The first-order valence-corrected chi connectivity index (χ1v) is 10.4. The molecule has 0 amide bonds. The molecule has 0 bridgehead atoms. The van der Waals surface area contributed by atoms with Crippen molar-refractivity contribution in [3.63, 3.8) is 0 Å². The summed E-state index contributed by atoms with van der Waals surface area (Å²) < 4.78 is 10.9. The fourth-order valence-corrected chi connectivity index (χ4v) is 2.98. The zero-order valence-corrected chi connectivity index (χ0v) is 15.4. The van der Waals surface area contributed by atoms with Gasteiger partial charge in [0, 0.05) is 6.07 Å². The summed E-state index contributed by atoms with van der Waals surface area (Å²) in [5.41, 5.74) is 0.172. The number of aromatic amines is 1. The zero-order valence-electron chi connectivity index (χ0n) is 14.4. The molecule has 124 valence electrons. The Kier molecular flexibility index (Phi) is 4.39. The van der Waals surface area contributed by atoms with E-state index in [4.69, 9.17) is 4.43 Å². The minimum Gasteiger partial charge on any atom is -0.543 e. The van der Waals surface area contributed by atoms with Crippen molar-refractivity contribution in [2.24, 2.45) is 0 Å². The molecule has 2 aromatic rings. The Balaban J connectivity index is 2.45. The van der Waals surface area contributed by atoms with Crippen LogP contribution in [0.2, 0.25) is 18.1 Å². The predicted octanol–water partition coefficient (Wildman–Crippen LogP) is 3.70. The number of H-pyrrole nitrogens is 1. The normalized spacial score (nSPS) is 12.3. The maximum Gasteiger partial charge on any atom is 0.343 e. The second-order valence-corrected chi connectivity index (χ2v) is 11.8. The van der Waals surface area contributed by atoms with Crippen molar-refractivity contribution >= 4 is 25.2 Å². The highest BCUT2D eigenvalue weighted by atomic mass is 28.4. The van der Waals surface area contributed by atoms with Gasteiger partial charge in [-0.3, -0.25) is 4.79 Å². The number of carbonyl (C=O) groups is 1. The van der Waals surface area contributed by atoms with Gasteiger partial charge in [0.1, 0.15) is 11.3 Å². The molecule has 2 rings (SSSR count). The van der Waals surface area contributed by atoms with E-state index in [-0.39, 0.29) is 10.6 Å². The number of aromatic nitrogens is 1. The van der Waals surface area contributed by atoms with E-state index in [2.05, 4.69) is 43.6 Å². The third-order valence-corrected chi connectivity index (χ3v) is 8.76. The van der Waals surface area contributed by atoms with Gasteiger partial charge in [-0.05, 0) is 41.7 Å². The topological polar surface area (TPSA) is 68.4 Å². The molecule has 1 heterocycles. The van der Waals surface area contributed by atoms with Gasteiger partial charge in [-0.25, -0.2) is 4.79 Å². The van der Waals surface area contributed by atoms with Gasteiger partial charge in [-0.2, -0.15) is 0 Å². The Morgan fingerprint density at radius 3 is 2.39 bits per heavy atom. The summed E-state index contributed by atoms with van der Waals surface area (Å²) in [6, 6.07) is 7.04. The van der Waals surface area contributed by atoms with E-state index in [1.807, 2.05) is 12.1 Å². The summed E-state index contributed by atoms with van der Waals surface area (Å²) in [6.07, 6.45) is 0. The Labute approximate surface area is 136 Å². The van der Waals surface area contributed by atoms with Crippen molar-refractivity contribution in [1.29, 1.82) is 0 Å². The Morgan fingerprint density at radius 1 is 1.17 bits per heavy atom. The van der Waals surface area contributed by atoms with Crippen LogP contribution in [0.1, 0.15) is 31.1 Å². The number of hydrogen-bond donors (Lipinski definition) is 1. The second-order valence-electron chi connectivity index (χ2n) is 7.12. The van der Waals surface area contributed by atoms with E-state index < -0.39 is 19.8 Å². The lowest BCUT2D eigenvalue weighted by Gasteiger charge is -2.36. The zero-order chi connectivity index (χ0) is 17.4. The Bertz CT molecular complexity index is 802. The average molecular weight is 333 g/mol. The van der Waals surface area contributed by atoms with Crippen LogP contribution in [0.3, 0.4) is 0 Å². The summed E-state index contributed by atoms with van der Waals surface area (Å²) >= 11 is 0. The number of carbonyl (C=O) groups excluding carboxylic acids is 1. The van der Waals surface area contributed by atoms with Gasteiger partial charge < -0.3 is 14.1 Å². The molecule has 5 nitrogen and oxygen atoms in total. The number of pyridine rings is 1. The van der Waals surface area contributed by atoms with Gasteiger partial charge in [0.05, 0.1) is 12.6 Å². The van der Waals surface area contributed by atoms with Crippen LogP contribution in [0.5, 0.6) is 5.75 Å². The van der Waals surface area contributed by atoms with Crippen LogP contribution < -0.4 is 9.99 Å². The van der Waals surface area contributed by atoms with E-state index in [9.17, 15) is 9.59 Å². The van der Waals surface area contributed by atoms with Crippen LogP contribution in [-0.4, -0.2) is 26.4 Å². The number of fused-ring (bicyclic) bond motifs is 1. The summed E-state index contributed by atoms with van der Waals surface area (Å²) in [5, 5.41) is 0.844. The molecule has 0 radical (unpaired) electrons. The average Bonchev–Trinajstić information content (AvgIpc) is 2.44. The molecule has 1 aromatic carbocycles. The molecule has 0 atom stereocenters. The van der Waals surface area contributed by atoms with Gasteiger partial charge in [-0.15, -0.1) is 0 Å². The van der Waals surface area contributed by atoms with Crippen LogP contribution in [0.15, 0.2) is 29.1 Å². The number of ether oxygens (including phenoxy) is 1. The maximum absolute atomic E-state index is 12.0. The molecule has 0 spiro atoms. The van der Waals surface area contributed by atoms with Crippen molar-refractivity contribution in [2.45, 2.75) is 38.9 Å². The number of esters is 1. The van der Waals surface area contributed by atoms with E-state index in [1.165, 1.54) is 13.2 Å². The van der Waals surface area contributed by atoms with Gasteiger partial charge in [0.2, 0.25) is 8.32 Å². The van der Waals surface area contributed by atoms with Crippen LogP contribution in [0.4, 0.5) is 0 Å². The highest BCUT2D eigenvalue weighted by Crippen LogP contribution is 2.37. The number of benzene rings is 1. The minimum absolute atomic E-state index is 0.00179. The fourth-order valence-electron chi connectivity index (χ4n) is 1.95. The first-order chi connectivity index (χ1) is 10.5. The SMILES string of the molecule is COC(=O)c1cc2ccc(O[Si](C)(C)C(C)(C)C)cc2[nH]c1=O. The second kappa shape index (κ2) is 5.85. The van der Waals surface area contributed by atoms with E-state index >= 15 is 0 Å². The van der Waals surface area contributed by atoms with Crippen LogP contribution in [0, 0.1) is 0 Å². The third kappa shape index (κ3) is 3.47. The van der Waals surface area contributed by atoms with Crippen LogP contribution in [-0.2, 0) is 4.74 Å². The molecule has 6 heteroatoms. The predicted molar refractivity (Wildman–Crippen MR) is 93.7 cm³/mol. The molecule has 1 N–H and O–H groups in total. The molecule has 0 aliphatic carbocycles. The summed E-state index contributed by atoms with van der Waals surface area (Å²) in [7, 11) is -0.695. The molecule has 0 saturated heterocycles. The standard InChI is InChI=1S/C17H23NO4Si/c1-17(2,3)23(5,6)22-12-8-7-11-9-13(16(20)21-4)15(19)18-14(11)10-12/h7-10H,1-6H3,(H,18,19). The summed E-state index contributed by atoms with van der Waals surface area (Å²) in [6.45, 7) is 10.8. The van der Waals surface area contributed by atoms with Gasteiger partial charge >= 0.3 is 5.97 Å². The van der Waals surface area contributed by atoms with Crippen molar-refractivity contribution in [3.05, 3.63) is 40.2 Å². The number of rotatable bonds is 3. The van der Waals surface area contributed by atoms with Crippen molar-refractivity contribution in [1.82, 2.24) is 4.98 Å². The third-order valence-electron chi connectivity index (χ3n) is 4.40. The smallest absolute Gasteiger partial charge is 0.343 e. The molecule has 0 fully saturated rings. The summed E-state index contributed by atoms with van der Waals surface area (Å²) in [5.74, 6) is 0.0836. The molecular weight excluding hydrogens is 310 g/mol. The minimum atomic E-state index is -1.95. The lowest BCUT2D eigenvalue weighted by atomic mass is 10.1. The van der Waals surface area contributed by atoms with E-state index in [1.54, 1.807) is 6.07 Å². The van der Waals surface area contributed by atoms with Crippen molar-refractivity contribution < 1.29 is 14.0 Å². The fraction of sp³-hybridized carbons (Fsp3) is 0.412. The molecule has 1 aromatic heterocycles. The molecule has 23 heavy (non-hydrogen) atoms. The first-order valence-electron chi connectivity index (χ1n) is 7.49. The van der Waals surface area contributed by atoms with Crippen LogP contribution in [0.25, 0.3) is 10.9 Å². The quantitative estimate of drug-likeness (QED) is 0.687. The molecule has 0 aliphatic heterocycles. The summed E-state index contributed by atoms with van der Waals surface area (Å²) in [4.78, 5) is 26.3. The first kappa shape index (κ1) is 17.3. The monoisotopic (exact) mass is 333 g/mol. The largest absolute Gasteiger partial charge is 0.543 e. The molecule has 0 unspecified atom stereocenters. The lowest BCUT2D eigenvalue weighted by molar-refractivity contribution is 0.0599. The number of methoxy groups -OCH3 is 1. The molecular formula is C17H23NO4Si. The van der Waals surface area contributed by atoms with E-state index in [0.717, 1.165) is 11.1 Å². The molecule has 0 aliphatic rings. The van der Waals surface area contributed by atoms with Crippen molar-refractivity contribution in [2.75, 3.05) is 7.11 Å². The van der Waals surface area contributed by atoms with E-state index in [0.29, 0.717) is 5.52 Å². The Morgan fingerprint density at radius 2 is 1.83 bits per heavy atom. The van der Waals surface area contributed by atoms with Crippen molar-refractivity contribution in [3.8, 4) is 5.75 Å². The van der Waals surface area contributed by atoms with Crippen LogP contribution >= 0.6 is 0 Å². The number of nitrogens with one attached hydrogen (secondary N) is 1. The lowest BCUT2D eigenvalue weighted by Crippen LogP contribution is -2.43. The molecule has 0 saturated carbocycles. The van der Waals surface area contributed by atoms with Gasteiger partial charge in [0.25, 0.3) is 5.56 Å². The highest BCUT2D eigenvalue weighted by molar-refractivity contribution is 6.74. The van der Waals surface area contributed by atoms with Gasteiger partial charge in [0.15, 0.2) is 0 Å². The number of hydrogen-bond acceptors (Lipinski definition) is 4. The van der Waals surface area contributed by atoms with Gasteiger partial charge in [-0.1, -0.05) is 20.8 Å². The Hall–Kier alpha value is -2.08.